The van der Waals surface area contributed by atoms with Gasteiger partial charge in [0, 0.05) is 24.4 Å². The van der Waals surface area contributed by atoms with E-state index in [2.05, 4.69) is 0 Å². The van der Waals surface area contributed by atoms with Gasteiger partial charge in [-0.15, -0.1) is 0 Å². The van der Waals surface area contributed by atoms with Gasteiger partial charge in [0.1, 0.15) is 11.6 Å². The summed E-state index contributed by atoms with van der Waals surface area (Å²) < 4.78 is 10.0. The number of nitrogens with two attached hydrogens (primary N) is 1. The summed E-state index contributed by atoms with van der Waals surface area (Å²) in [5.74, 6) is -0.0951. The summed E-state index contributed by atoms with van der Waals surface area (Å²) in [6, 6.07) is -0.585. The lowest BCUT2D eigenvalue weighted by Crippen LogP contribution is -2.59. The zero-order chi connectivity index (χ0) is 15.1. The minimum Gasteiger partial charge on any atom is -0.468 e. The smallest absolute Gasteiger partial charge is 0.410 e. The number of rotatable bonds is 3. The van der Waals surface area contributed by atoms with Crippen molar-refractivity contribution in [2.24, 2.45) is 17.1 Å². The van der Waals surface area contributed by atoms with Gasteiger partial charge in [0.2, 0.25) is 0 Å². The van der Waals surface area contributed by atoms with Crippen molar-refractivity contribution in [3.8, 4) is 0 Å². The molecule has 1 aliphatic carbocycles. The van der Waals surface area contributed by atoms with Gasteiger partial charge >= 0.3 is 12.1 Å². The molecule has 1 atom stereocenters. The Kier molecular flexibility index (Phi) is 3.71. The van der Waals surface area contributed by atoms with E-state index in [9.17, 15) is 9.59 Å². The molecule has 6 heteroatoms. The largest absolute Gasteiger partial charge is 0.468 e. The first-order valence-corrected chi connectivity index (χ1v) is 7.01. The van der Waals surface area contributed by atoms with Crippen LogP contribution in [-0.4, -0.2) is 48.8 Å². The number of amides is 1. The molecule has 0 bridgehead atoms. The van der Waals surface area contributed by atoms with Crippen LogP contribution in [0, 0.1) is 11.3 Å². The summed E-state index contributed by atoms with van der Waals surface area (Å²) in [5, 5.41) is 0. The van der Waals surface area contributed by atoms with Crippen LogP contribution in [-0.2, 0) is 14.3 Å². The predicted molar refractivity (Wildman–Crippen MR) is 73.0 cm³/mol. The van der Waals surface area contributed by atoms with Gasteiger partial charge in [-0.25, -0.2) is 4.79 Å². The van der Waals surface area contributed by atoms with E-state index in [1.54, 1.807) is 4.90 Å². The van der Waals surface area contributed by atoms with Crippen LogP contribution in [0.1, 0.15) is 33.6 Å². The molecule has 0 radical (unpaired) electrons. The standard InChI is InChI=1S/C14H24N2O4/c1-13(2,3)20-12(18)16-7-9(8-16)14(5-6-14)10(15)11(17)19-4/h9-10H,5-8,15H2,1-4H3. The second-order valence-corrected chi connectivity index (χ2v) is 6.82. The molecule has 1 saturated heterocycles. The highest BCUT2D eigenvalue weighted by Gasteiger charge is 2.60. The Bertz CT molecular complexity index is 406. The monoisotopic (exact) mass is 284 g/mol. The third kappa shape index (κ3) is 2.75. The van der Waals surface area contributed by atoms with Gasteiger partial charge in [0.15, 0.2) is 0 Å². The molecule has 0 aromatic heterocycles. The van der Waals surface area contributed by atoms with Crippen molar-refractivity contribution in [2.75, 3.05) is 20.2 Å². The minimum absolute atomic E-state index is 0.175. The fraction of sp³-hybridized carbons (Fsp3) is 0.857. The Hall–Kier alpha value is -1.30. The Morgan fingerprint density at radius 2 is 1.85 bits per heavy atom. The summed E-state index contributed by atoms with van der Waals surface area (Å²) in [6.07, 6.45) is 1.56. The molecule has 2 N–H and O–H groups in total. The fourth-order valence-electron chi connectivity index (χ4n) is 2.80. The van der Waals surface area contributed by atoms with E-state index in [1.807, 2.05) is 20.8 Å². The number of nitrogens with zero attached hydrogens (tertiary/aromatic N) is 1. The maximum Gasteiger partial charge on any atom is 0.410 e. The summed E-state index contributed by atoms with van der Waals surface area (Å²) in [5.41, 5.74) is 5.33. The van der Waals surface area contributed by atoms with Crippen LogP contribution in [0.5, 0.6) is 0 Å². The molecule has 114 valence electrons. The number of carbonyl (C=O) groups excluding carboxylic acids is 2. The lowest BCUT2D eigenvalue weighted by Gasteiger charge is -2.45. The number of esters is 1. The Morgan fingerprint density at radius 3 is 2.25 bits per heavy atom. The van der Waals surface area contributed by atoms with Crippen LogP contribution in [0.15, 0.2) is 0 Å². The number of methoxy groups -OCH3 is 1. The molecule has 1 heterocycles. The van der Waals surface area contributed by atoms with Gasteiger partial charge in [-0.3, -0.25) is 4.79 Å². The van der Waals surface area contributed by atoms with Gasteiger partial charge in [-0.1, -0.05) is 0 Å². The first-order chi connectivity index (χ1) is 9.19. The molecule has 2 aliphatic rings. The third-order valence-electron chi connectivity index (χ3n) is 4.25. The lowest BCUT2D eigenvalue weighted by atomic mass is 9.78. The molecule has 1 amide bonds. The van der Waals surface area contributed by atoms with Gasteiger partial charge in [-0.2, -0.15) is 0 Å². The first-order valence-electron chi connectivity index (χ1n) is 7.01. The molecular weight excluding hydrogens is 260 g/mol. The van der Waals surface area contributed by atoms with Crippen molar-refractivity contribution in [2.45, 2.75) is 45.3 Å². The normalized spacial score (nSPS) is 22.8. The van der Waals surface area contributed by atoms with Crippen LogP contribution >= 0.6 is 0 Å². The number of likely N-dealkylation sites (tertiary alicyclic amines) is 1. The van der Waals surface area contributed by atoms with E-state index in [0.717, 1.165) is 12.8 Å². The zero-order valence-electron chi connectivity index (χ0n) is 12.6. The van der Waals surface area contributed by atoms with E-state index in [4.69, 9.17) is 15.2 Å². The number of carbonyl (C=O) groups is 2. The quantitative estimate of drug-likeness (QED) is 0.786. The van der Waals surface area contributed by atoms with Crippen molar-refractivity contribution in [1.29, 1.82) is 0 Å². The summed E-state index contributed by atoms with van der Waals surface area (Å²) in [4.78, 5) is 25.1. The van der Waals surface area contributed by atoms with Crippen molar-refractivity contribution in [3.63, 3.8) is 0 Å². The second-order valence-electron chi connectivity index (χ2n) is 6.82. The lowest BCUT2D eigenvalue weighted by molar-refractivity contribution is -0.145. The number of ether oxygens (including phenoxy) is 2. The van der Waals surface area contributed by atoms with Gasteiger partial charge in [0.05, 0.1) is 7.11 Å². The Balaban J connectivity index is 1.87. The van der Waals surface area contributed by atoms with Gasteiger partial charge < -0.3 is 20.1 Å². The van der Waals surface area contributed by atoms with E-state index in [1.165, 1.54) is 7.11 Å². The topological polar surface area (TPSA) is 81.9 Å². The zero-order valence-corrected chi connectivity index (χ0v) is 12.6. The van der Waals surface area contributed by atoms with Crippen molar-refractivity contribution < 1.29 is 19.1 Å². The maximum atomic E-state index is 11.9. The SMILES string of the molecule is COC(=O)C(N)C1(C2CN(C(=O)OC(C)(C)C)C2)CC1. The summed E-state index contributed by atoms with van der Waals surface area (Å²) in [6.45, 7) is 6.76. The van der Waals surface area contributed by atoms with Crippen LogP contribution < -0.4 is 5.73 Å². The van der Waals surface area contributed by atoms with Gasteiger partial charge in [-0.05, 0) is 33.6 Å². The van der Waals surface area contributed by atoms with E-state index in [-0.39, 0.29) is 23.4 Å². The minimum atomic E-state index is -0.585. The predicted octanol–water partition coefficient (Wildman–Crippen LogP) is 1.13. The fourth-order valence-corrected chi connectivity index (χ4v) is 2.80. The molecule has 0 aromatic carbocycles. The first kappa shape index (κ1) is 15.1. The molecule has 2 rings (SSSR count). The molecule has 2 fully saturated rings. The van der Waals surface area contributed by atoms with Crippen LogP contribution in [0.2, 0.25) is 0 Å². The molecule has 1 aliphatic heterocycles. The molecule has 20 heavy (non-hydrogen) atoms. The molecule has 1 unspecified atom stereocenters. The number of hydrogen-bond acceptors (Lipinski definition) is 5. The van der Waals surface area contributed by atoms with Crippen molar-refractivity contribution in [3.05, 3.63) is 0 Å². The molecule has 1 saturated carbocycles. The highest BCUT2D eigenvalue weighted by molar-refractivity contribution is 5.77. The van der Waals surface area contributed by atoms with Crippen LogP contribution in [0.4, 0.5) is 4.79 Å². The maximum absolute atomic E-state index is 11.9. The van der Waals surface area contributed by atoms with Gasteiger partial charge in [0.25, 0.3) is 0 Å². The van der Waals surface area contributed by atoms with E-state index >= 15 is 0 Å². The van der Waals surface area contributed by atoms with E-state index < -0.39 is 11.6 Å². The third-order valence-corrected chi connectivity index (χ3v) is 4.25. The van der Waals surface area contributed by atoms with E-state index in [0.29, 0.717) is 13.1 Å². The Morgan fingerprint density at radius 1 is 1.30 bits per heavy atom. The van der Waals surface area contributed by atoms with Crippen molar-refractivity contribution in [1.82, 2.24) is 4.90 Å². The molecule has 6 nitrogen and oxygen atoms in total. The number of hydrogen-bond donors (Lipinski definition) is 1. The van der Waals surface area contributed by atoms with Crippen LogP contribution in [0.25, 0.3) is 0 Å². The van der Waals surface area contributed by atoms with Crippen molar-refractivity contribution >= 4 is 12.1 Å². The average Bonchev–Trinajstić information content (AvgIpc) is 3.03. The molecule has 0 spiro atoms. The highest BCUT2D eigenvalue weighted by Crippen LogP contribution is 2.57. The van der Waals surface area contributed by atoms with Crippen LogP contribution in [0.3, 0.4) is 0 Å². The second kappa shape index (κ2) is 4.91. The highest BCUT2D eigenvalue weighted by atomic mass is 16.6. The molecule has 0 aromatic rings. The Labute approximate surface area is 119 Å². The summed E-state index contributed by atoms with van der Waals surface area (Å²) >= 11 is 0. The molecular formula is C14H24N2O4. The summed E-state index contributed by atoms with van der Waals surface area (Å²) in [7, 11) is 1.35. The average molecular weight is 284 g/mol.